The van der Waals surface area contributed by atoms with Crippen LogP contribution in [0, 0.1) is 0 Å². The summed E-state index contributed by atoms with van der Waals surface area (Å²) in [5, 5.41) is 0. The molecule has 1 aromatic rings. The van der Waals surface area contributed by atoms with Gasteiger partial charge in [-0.3, -0.25) is 9.59 Å². The first-order chi connectivity index (χ1) is 12.2. The van der Waals surface area contributed by atoms with Gasteiger partial charge in [-0.25, -0.2) is 0 Å². The minimum atomic E-state index is -0.0572. The molecule has 25 heavy (non-hydrogen) atoms. The summed E-state index contributed by atoms with van der Waals surface area (Å²) < 4.78 is 10.5. The van der Waals surface area contributed by atoms with E-state index in [4.69, 9.17) is 9.47 Å². The lowest BCUT2D eigenvalue weighted by Gasteiger charge is -2.27. The summed E-state index contributed by atoms with van der Waals surface area (Å²) >= 11 is 0. The summed E-state index contributed by atoms with van der Waals surface area (Å²) in [6.07, 6.45) is 3.46. The Morgan fingerprint density at radius 1 is 1.20 bits per heavy atom. The molecule has 0 atom stereocenters. The van der Waals surface area contributed by atoms with Crippen molar-refractivity contribution in [1.82, 2.24) is 9.80 Å². The molecule has 1 saturated heterocycles. The molecule has 6 nitrogen and oxygen atoms in total. The summed E-state index contributed by atoms with van der Waals surface area (Å²) in [5.41, 5.74) is 0.941. The molecule has 0 aromatic heterocycles. The van der Waals surface area contributed by atoms with Gasteiger partial charge in [0, 0.05) is 38.7 Å². The van der Waals surface area contributed by atoms with Crippen molar-refractivity contribution in [3.8, 4) is 5.75 Å². The van der Waals surface area contributed by atoms with Crippen LogP contribution < -0.4 is 4.74 Å². The van der Waals surface area contributed by atoms with Gasteiger partial charge in [-0.2, -0.15) is 0 Å². The maximum Gasteiger partial charge on any atom is 0.242 e. The molecule has 1 aliphatic rings. The average Bonchev–Trinajstić information content (AvgIpc) is 2.83. The third-order valence-corrected chi connectivity index (χ3v) is 4.47. The van der Waals surface area contributed by atoms with Gasteiger partial charge >= 0.3 is 0 Å². The van der Waals surface area contributed by atoms with Crippen LogP contribution >= 0.6 is 0 Å². The number of likely N-dealkylation sites (tertiary alicyclic amines) is 1. The van der Waals surface area contributed by atoms with Crippen LogP contribution in [0.15, 0.2) is 24.3 Å². The van der Waals surface area contributed by atoms with Gasteiger partial charge in [-0.15, -0.1) is 0 Å². The van der Waals surface area contributed by atoms with Crippen molar-refractivity contribution in [2.45, 2.75) is 32.2 Å². The highest BCUT2D eigenvalue weighted by atomic mass is 16.5. The van der Waals surface area contributed by atoms with Crippen LogP contribution in [0.5, 0.6) is 5.75 Å². The molecule has 6 heteroatoms. The highest BCUT2D eigenvalue weighted by Crippen LogP contribution is 2.19. The van der Waals surface area contributed by atoms with E-state index in [0.29, 0.717) is 32.7 Å². The van der Waals surface area contributed by atoms with Gasteiger partial charge in [0.15, 0.2) is 0 Å². The molecule has 0 N–H and O–H groups in total. The van der Waals surface area contributed by atoms with E-state index >= 15 is 0 Å². The third-order valence-electron chi connectivity index (χ3n) is 4.47. The molecule has 1 aliphatic heterocycles. The molecule has 2 rings (SSSR count). The summed E-state index contributed by atoms with van der Waals surface area (Å²) in [5.74, 6) is 0.775. The fraction of sp³-hybridized carbons (Fsp3) is 0.579. The molecule has 0 bridgehead atoms. The second kappa shape index (κ2) is 10.0. The number of amides is 2. The number of hydrogen-bond acceptors (Lipinski definition) is 4. The van der Waals surface area contributed by atoms with E-state index in [1.54, 1.807) is 24.0 Å². The number of carbonyl (C=O) groups excluding carboxylic acids is 2. The molecule has 0 unspecified atom stereocenters. The van der Waals surface area contributed by atoms with Gasteiger partial charge in [0.25, 0.3) is 0 Å². The van der Waals surface area contributed by atoms with E-state index in [2.05, 4.69) is 0 Å². The normalized spacial score (nSPS) is 15.0. The lowest BCUT2D eigenvalue weighted by Crippen LogP contribution is -2.43. The van der Waals surface area contributed by atoms with E-state index in [9.17, 15) is 9.59 Å². The number of ether oxygens (including phenoxy) is 2. The van der Waals surface area contributed by atoms with E-state index in [1.165, 1.54) is 0 Å². The minimum Gasteiger partial charge on any atom is -0.496 e. The number of para-hydroxylation sites is 1. The molecule has 0 radical (unpaired) electrons. The average molecular weight is 348 g/mol. The summed E-state index contributed by atoms with van der Waals surface area (Å²) in [6, 6.07) is 7.66. The number of hydrogen-bond donors (Lipinski definition) is 0. The zero-order valence-corrected chi connectivity index (χ0v) is 15.2. The van der Waals surface area contributed by atoms with E-state index < -0.39 is 0 Å². The molecule has 0 saturated carbocycles. The van der Waals surface area contributed by atoms with Gasteiger partial charge in [-0.05, 0) is 18.9 Å². The van der Waals surface area contributed by atoms with Crippen LogP contribution in [0.4, 0.5) is 0 Å². The molecule has 1 aromatic carbocycles. The Morgan fingerprint density at radius 3 is 2.76 bits per heavy atom. The van der Waals surface area contributed by atoms with Gasteiger partial charge in [0.05, 0.1) is 20.3 Å². The predicted molar refractivity (Wildman–Crippen MR) is 95.3 cm³/mol. The Hall–Kier alpha value is -2.08. The number of methoxy groups -OCH3 is 2. The maximum absolute atomic E-state index is 12.8. The van der Waals surface area contributed by atoms with Crippen LogP contribution in [0.25, 0.3) is 0 Å². The van der Waals surface area contributed by atoms with Gasteiger partial charge < -0.3 is 19.3 Å². The quantitative estimate of drug-likeness (QED) is 0.722. The Balaban J connectivity index is 2.07. The van der Waals surface area contributed by atoms with E-state index in [1.807, 2.05) is 24.3 Å². The van der Waals surface area contributed by atoms with Crippen LogP contribution in [0.3, 0.4) is 0 Å². The van der Waals surface area contributed by atoms with Crippen LogP contribution in [-0.2, 0) is 20.9 Å². The zero-order valence-electron chi connectivity index (χ0n) is 15.2. The van der Waals surface area contributed by atoms with Gasteiger partial charge in [0.2, 0.25) is 11.8 Å². The number of rotatable bonds is 8. The topological polar surface area (TPSA) is 59.1 Å². The SMILES string of the molecule is COCCN(Cc1ccccc1OC)C(=O)CN1CCCCCC1=O. The number of carbonyl (C=O) groups is 2. The smallest absolute Gasteiger partial charge is 0.242 e. The van der Waals surface area contributed by atoms with E-state index in [-0.39, 0.29) is 18.4 Å². The lowest BCUT2D eigenvalue weighted by molar-refractivity contribution is -0.141. The molecule has 138 valence electrons. The maximum atomic E-state index is 12.8. The molecule has 0 aliphatic carbocycles. The van der Waals surface area contributed by atoms with Crippen molar-refractivity contribution in [3.63, 3.8) is 0 Å². The summed E-state index contributed by atoms with van der Waals surface area (Å²) in [4.78, 5) is 28.4. The van der Waals surface area contributed by atoms with Crippen LogP contribution in [0.2, 0.25) is 0 Å². The molecular weight excluding hydrogens is 320 g/mol. The minimum absolute atomic E-state index is 0.0572. The van der Waals surface area contributed by atoms with Crippen molar-refractivity contribution in [1.29, 1.82) is 0 Å². The Morgan fingerprint density at radius 2 is 2.00 bits per heavy atom. The van der Waals surface area contributed by atoms with Crippen LogP contribution in [-0.4, -0.2) is 62.1 Å². The standard InChI is InChI=1S/C19H28N2O4/c1-24-13-12-21(14-16-8-5-6-9-17(16)25-2)19(23)15-20-11-7-3-4-10-18(20)22/h5-6,8-9H,3-4,7,10-15H2,1-2H3. The summed E-state index contributed by atoms with van der Waals surface area (Å²) in [7, 11) is 3.24. The van der Waals surface area contributed by atoms with Crippen molar-refractivity contribution in [2.75, 3.05) is 40.5 Å². The highest BCUT2D eigenvalue weighted by molar-refractivity contribution is 5.85. The molecule has 2 amide bonds. The zero-order chi connectivity index (χ0) is 18.1. The van der Waals surface area contributed by atoms with Crippen LogP contribution in [0.1, 0.15) is 31.2 Å². The fourth-order valence-electron chi connectivity index (χ4n) is 3.00. The summed E-state index contributed by atoms with van der Waals surface area (Å²) in [6.45, 7) is 2.17. The molecule has 1 fully saturated rings. The van der Waals surface area contributed by atoms with E-state index in [0.717, 1.165) is 30.6 Å². The first-order valence-corrected chi connectivity index (χ1v) is 8.82. The Labute approximate surface area is 149 Å². The number of benzene rings is 1. The molecule has 0 spiro atoms. The second-order valence-corrected chi connectivity index (χ2v) is 6.25. The third kappa shape index (κ3) is 5.74. The second-order valence-electron chi connectivity index (χ2n) is 6.25. The van der Waals surface area contributed by atoms with Crippen molar-refractivity contribution in [2.24, 2.45) is 0 Å². The van der Waals surface area contributed by atoms with Crippen molar-refractivity contribution >= 4 is 11.8 Å². The van der Waals surface area contributed by atoms with Gasteiger partial charge in [0.1, 0.15) is 5.75 Å². The highest BCUT2D eigenvalue weighted by Gasteiger charge is 2.23. The van der Waals surface area contributed by atoms with Crippen molar-refractivity contribution in [3.05, 3.63) is 29.8 Å². The predicted octanol–water partition coefficient (Wildman–Crippen LogP) is 2.07. The Kier molecular flexibility index (Phi) is 7.73. The van der Waals surface area contributed by atoms with Crippen molar-refractivity contribution < 1.29 is 19.1 Å². The molecular formula is C19H28N2O4. The van der Waals surface area contributed by atoms with Gasteiger partial charge in [-0.1, -0.05) is 24.6 Å². The number of nitrogens with zero attached hydrogens (tertiary/aromatic N) is 2. The molecule has 1 heterocycles. The lowest BCUT2D eigenvalue weighted by atomic mass is 10.2. The largest absolute Gasteiger partial charge is 0.496 e. The first-order valence-electron chi connectivity index (χ1n) is 8.82. The Bertz CT molecular complexity index is 576. The first kappa shape index (κ1) is 19.2. The monoisotopic (exact) mass is 348 g/mol. The fourth-order valence-corrected chi connectivity index (χ4v) is 3.00.